The van der Waals surface area contributed by atoms with Gasteiger partial charge in [0.25, 0.3) is 0 Å². The predicted octanol–water partition coefficient (Wildman–Crippen LogP) is 3.50. The average Bonchev–Trinajstić information content (AvgIpc) is 2.95. The van der Waals surface area contributed by atoms with Gasteiger partial charge < -0.3 is 19.7 Å². The molecular weight excluding hydrogens is 414 g/mol. The molecule has 1 aromatic heterocycles. The summed E-state index contributed by atoms with van der Waals surface area (Å²) >= 11 is 5.16. The van der Waals surface area contributed by atoms with Crippen molar-refractivity contribution in [1.82, 2.24) is 4.57 Å². The Balaban J connectivity index is 1.91. The van der Waals surface area contributed by atoms with E-state index in [0.29, 0.717) is 23.4 Å². The fourth-order valence-electron chi connectivity index (χ4n) is 2.84. The quantitative estimate of drug-likeness (QED) is 0.417. The molecule has 0 fully saturated rings. The predicted molar refractivity (Wildman–Crippen MR) is 114 cm³/mol. The van der Waals surface area contributed by atoms with Gasteiger partial charge in [-0.05, 0) is 55.5 Å². The fourth-order valence-corrected chi connectivity index (χ4v) is 3.56. The van der Waals surface area contributed by atoms with Crippen LogP contribution in [0.1, 0.15) is 6.92 Å². The van der Waals surface area contributed by atoms with Crippen LogP contribution in [0.4, 0.5) is 11.4 Å². The summed E-state index contributed by atoms with van der Waals surface area (Å²) in [6, 6.07) is 11.2. The molecule has 152 valence electrons. The van der Waals surface area contributed by atoms with Gasteiger partial charge in [0.15, 0.2) is 5.69 Å². The standard InChI is InChI=1S/C18H19N5O4S2/c1-3-23-15-8-7-12(27-2)10-14(15)16(17(23)24)21-22-18(28)20-11-5-4-6-13(9-11)29(19,25)26/h4-10,24H,3H2,1-2H3,(H,20,28)(H2,19,25,26). The van der Waals surface area contributed by atoms with E-state index in [1.807, 2.05) is 13.0 Å². The summed E-state index contributed by atoms with van der Waals surface area (Å²) in [7, 11) is -2.29. The van der Waals surface area contributed by atoms with E-state index in [-0.39, 0.29) is 21.6 Å². The van der Waals surface area contributed by atoms with Crippen molar-refractivity contribution in [2.24, 2.45) is 15.4 Å². The summed E-state index contributed by atoms with van der Waals surface area (Å²) in [5.74, 6) is 0.571. The minimum atomic E-state index is -3.84. The molecule has 0 aliphatic rings. The third-order valence-electron chi connectivity index (χ3n) is 4.19. The Morgan fingerprint density at radius 3 is 2.72 bits per heavy atom. The van der Waals surface area contributed by atoms with Crippen molar-refractivity contribution in [3.8, 4) is 11.6 Å². The van der Waals surface area contributed by atoms with Crippen molar-refractivity contribution in [1.29, 1.82) is 0 Å². The van der Waals surface area contributed by atoms with Crippen LogP contribution in [-0.2, 0) is 16.6 Å². The molecule has 0 unspecified atom stereocenters. The molecule has 0 amide bonds. The van der Waals surface area contributed by atoms with Gasteiger partial charge in [-0.3, -0.25) is 0 Å². The average molecular weight is 434 g/mol. The number of nitrogens with one attached hydrogen (secondary N) is 1. The summed E-state index contributed by atoms with van der Waals surface area (Å²) in [6.07, 6.45) is 0. The van der Waals surface area contributed by atoms with Gasteiger partial charge in [-0.2, -0.15) is 0 Å². The van der Waals surface area contributed by atoms with Gasteiger partial charge in [0.2, 0.25) is 21.0 Å². The molecule has 4 N–H and O–H groups in total. The topological polar surface area (TPSA) is 131 Å². The van der Waals surface area contributed by atoms with E-state index < -0.39 is 10.0 Å². The first-order valence-corrected chi connectivity index (χ1v) is 10.4. The summed E-state index contributed by atoms with van der Waals surface area (Å²) in [4.78, 5) is -0.0574. The van der Waals surface area contributed by atoms with E-state index in [0.717, 1.165) is 5.52 Å². The smallest absolute Gasteiger partial charge is 0.238 e. The molecule has 29 heavy (non-hydrogen) atoms. The van der Waals surface area contributed by atoms with E-state index >= 15 is 0 Å². The number of aromatic nitrogens is 1. The zero-order valence-electron chi connectivity index (χ0n) is 15.7. The number of ether oxygens (including phenoxy) is 1. The van der Waals surface area contributed by atoms with Gasteiger partial charge in [-0.25, -0.2) is 13.6 Å². The molecule has 1 heterocycles. The number of nitrogens with zero attached hydrogens (tertiary/aromatic N) is 3. The normalized spacial score (nSPS) is 11.8. The number of rotatable bonds is 5. The summed E-state index contributed by atoms with van der Waals surface area (Å²) < 4.78 is 29.9. The maximum atomic E-state index is 11.5. The van der Waals surface area contributed by atoms with Gasteiger partial charge in [-0.1, -0.05) is 6.07 Å². The summed E-state index contributed by atoms with van der Waals surface area (Å²) in [6.45, 7) is 2.43. The number of sulfonamides is 1. The van der Waals surface area contributed by atoms with Crippen LogP contribution in [-0.4, -0.2) is 30.3 Å². The molecule has 0 saturated carbocycles. The molecule has 0 aliphatic heterocycles. The maximum absolute atomic E-state index is 11.5. The largest absolute Gasteiger partial charge is 0.497 e. The van der Waals surface area contributed by atoms with Crippen molar-refractivity contribution in [2.45, 2.75) is 18.4 Å². The minimum Gasteiger partial charge on any atom is -0.497 e. The lowest BCUT2D eigenvalue weighted by Gasteiger charge is -2.05. The van der Waals surface area contributed by atoms with E-state index in [1.165, 1.54) is 18.2 Å². The molecule has 0 aliphatic carbocycles. The molecule has 0 saturated heterocycles. The van der Waals surface area contributed by atoms with Crippen LogP contribution in [0.3, 0.4) is 0 Å². The van der Waals surface area contributed by atoms with Gasteiger partial charge in [0.05, 0.1) is 17.5 Å². The number of methoxy groups -OCH3 is 1. The highest BCUT2D eigenvalue weighted by Crippen LogP contribution is 2.40. The van der Waals surface area contributed by atoms with E-state index in [9.17, 15) is 13.5 Å². The molecule has 11 heteroatoms. The summed E-state index contributed by atoms with van der Waals surface area (Å²) in [5.41, 5.74) is 1.42. The van der Waals surface area contributed by atoms with E-state index in [4.69, 9.17) is 22.1 Å². The highest BCUT2D eigenvalue weighted by Gasteiger charge is 2.17. The highest BCUT2D eigenvalue weighted by molar-refractivity contribution is 7.89. The van der Waals surface area contributed by atoms with Crippen LogP contribution >= 0.6 is 12.2 Å². The van der Waals surface area contributed by atoms with Crippen LogP contribution in [0.2, 0.25) is 0 Å². The lowest BCUT2D eigenvalue weighted by Crippen LogP contribution is -2.13. The molecule has 3 aromatic rings. The Labute approximate surface area is 172 Å². The number of primary sulfonamides is 1. The van der Waals surface area contributed by atoms with Crippen molar-refractivity contribution in [2.75, 3.05) is 12.4 Å². The molecular formula is C18H19N5O4S2. The number of aromatic hydroxyl groups is 1. The number of hydrogen-bond acceptors (Lipinski definition) is 6. The Morgan fingerprint density at radius 1 is 1.31 bits per heavy atom. The molecule has 0 atom stereocenters. The third-order valence-corrected chi connectivity index (χ3v) is 5.28. The Morgan fingerprint density at radius 2 is 2.07 bits per heavy atom. The lowest BCUT2D eigenvalue weighted by molar-refractivity contribution is 0.415. The van der Waals surface area contributed by atoms with E-state index in [2.05, 4.69) is 15.5 Å². The number of aryl methyl sites for hydroxylation is 1. The molecule has 0 spiro atoms. The summed E-state index contributed by atoms with van der Waals surface area (Å²) in [5, 5.41) is 27.1. The van der Waals surface area contributed by atoms with Gasteiger partial charge in [-0.15, -0.1) is 10.2 Å². The number of nitrogens with two attached hydrogens (primary N) is 1. The van der Waals surface area contributed by atoms with Crippen molar-refractivity contribution >= 4 is 49.6 Å². The van der Waals surface area contributed by atoms with Gasteiger partial charge in [0, 0.05) is 17.6 Å². The van der Waals surface area contributed by atoms with Crippen molar-refractivity contribution < 1.29 is 18.3 Å². The molecule has 3 rings (SSSR count). The fraction of sp³-hybridized carbons (Fsp3) is 0.167. The zero-order chi connectivity index (χ0) is 21.2. The monoisotopic (exact) mass is 433 g/mol. The lowest BCUT2D eigenvalue weighted by atomic mass is 10.2. The molecule has 0 bridgehead atoms. The Bertz CT molecular complexity index is 1220. The zero-order valence-corrected chi connectivity index (χ0v) is 17.3. The number of thiocarbonyl (C=S) groups is 1. The second-order valence-electron chi connectivity index (χ2n) is 6.00. The van der Waals surface area contributed by atoms with Crippen LogP contribution in [0.5, 0.6) is 11.6 Å². The van der Waals surface area contributed by atoms with Crippen LogP contribution in [0.25, 0.3) is 10.9 Å². The van der Waals surface area contributed by atoms with Crippen LogP contribution < -0.4 is 15.2 Å². The van der Waals surface area contributed by atoms with Gasteiger partial charge in [0.1, 0.15) is 5.75 Å². The third kappa shape index (κ3) is 4.36. The van der Waals surface area contributed by atoms with Crippen LogP contribution in [0.15, 0.2) is 57.6 Å². The Kier molecular flexibility index (Phi) is 5.82. The second kappa shape index (κ2) is 8.15. The first kappa shape index (κ1) is 20.7. The van der Waals surface area contributed by atoms with E-state index in [1.54, 1.807) is 29.9 Å². The minimum absolute atomic E-state index is 0.0173. The SMILES string of the molecule is CCn1c(O)c(N=NC(=S)Nc2cccc(S(N)(=O)=O)c2)c2cc(OC)ccc21. The highest BCUT2D eigenvalue weighted by atomic mass is 32.2. The van der Waals surface area contributed by atoms with Crippen molar-refractivity contribution in [3.63, 3.8) is 0 Å². The van der Waals surface area contributed by atoms with Gasteiger partial charge >= 0.3 is 0 Å². The number of fused-ring (bicyclic) bond motifs is 1. The first-order chi connectivity index (χ1) is 13.7. The maximum Gasteiger partial charge on any atom is 0.238 e. The number of benzene rings is 2. The Hall–Kier alpha value is -3.02. The first-order valence-electron chi connectivity index (χ1n) is 8.49. The number of anilines is 1. The number of hydrogen-bond donors (Lipinski definition) is 3. The van der Waals surface area contributed by atoms with Crippen LogP contribution in [0, 0.1) is 0 Å². The van der Waals surface area contributed by atoms with Crippen molar-refractivity contribution in [3.05, 3.63) is 42.5 Å². The molecule has 9 nitrogen and oxygen atoms in total. The molecule has 0 radical (unpaired) electrons. The second-order valence-corrected chi connectivity index (χ2v) is 7.95. The molecule has 2 aromatic carbocycles. The number of azo groups is 1.